The number of hydrogen-bond donors (Lipinski definition) is 1. The molecule has 1 saturated heterocycles. The Morgan fingerprint density at radius 3 is 3.05 bits per heavy atom. The maximum Gasteiger partial charge on any atom is 0.147 e. The third-order valence-corrected chi connectivity index (χ3v) is 3.40. The van der Waals surface area contributed by atoms with Gasteiger partial charge in [0, 0.05) is 25.5 Å². The Labute approximate surface area is 118 Å². The molecule has 0 bridgehead atoms. The highest BCUT2D eigenvalue weighted by molar-refractivity contribution is 5.40. The van der Waals surface area contributed by atoms with Crippen LogP contribution in [0.25, 0.3) is 5.69 Å². The van der Waals surface area contributed by atoms with Gasteiger partial charge in [-0.2, -0.15) is 5.10 Å². The quantitative estimate of drug-likeness (QED) is 0.901. The van der Waals surface area contributed by atoms with Crippen molar-refractivity contribution >= 4 is 0 Å². The molecule has 20 heavy (non-hydrogen) atoms. The second kappa shape index (κ2) is 6.65. The molecule has 1 atom stereocenters. The molecule has 1 aromatic carbocycles. The largest absolute Gasteiger partial charge is 0.355 e. The van der Waals surface area contributed by atoms with E-state index < -0.39 is 0 Å². The van der Waals surface area contributed by atoms with E-state index >= 15 is 0 Å². The maximum atomic E-state index is 5.52. The molecule has 0 saturated carbocycles. The number of benzene rings is 1. The van der Waals surface area contributed by atoms with Crippen LogP contribution >= 0.6 is 0 Å². The van der Waals surface area contributed by atoms with Crippen LogP contribution in [0.4, 0.5) is 0 Å². The molecule has 5 nitrogen and oxygen atoms in total. The molecule has 0 spiro atoms. The van der Waals surface area contributed by atoms with E-state index in [1.165, 1.54) is 5.56 Å². The lowest BCUT2D eigenvalue weighted by Crippen LogP contribution is -2.33. The van der Waals surface area contributed by atoms with Gasteiger partial charge in [0.15, 0.2) is 0 Å². The zero-order chi connectivity index (χ0) is 13.6. The van der Waals surface area contributed by atoms with Crippen molar-refractivity contribution in [1.29, 1.82) is 0 Å². The van der Waals surface area contributed by atoms with Crippen LogP contribution in [0.2, 0.25) is 0 Å². The molecule has 1 N–H and O–H groups in total. The molecule has 106 valence electrons. The summed E-state index contributed by atoms with van der Waals surface area (Å²) in [6.07, 6.45) is 4.95. The summed E-state index contributed by atoms with van der Waals surface area (Å²) >= 11 is 0. The molecule has 1 aliphatic rings. The van der Waals surface area contributed by atoms with E-state index in [4.69, 9.17) is 9.47 Å². The van der Waals surface area contributed by atoms with Crippen LogP contribution in [0.15, 0.2) is 42.7 Å². The fourth-order valence-electron chi connectivity index (χ4n) is 2.33. The first kappa shape index (κ1) is 13.3. The van der Waals surface area contributed by atoms with Crippen LogP contribution in [-0.4, -0.2) is 35.8 Å². The molecular formula is C15H19N3O2. The van der Waals surface area contributed by atoms with Crippen LogP contribution in [-0.2, 0) is 16.0 Å². The summed E-state index contributed by atoms with van der Waals surface area (Å²) in [5.74, 6) is 0. The number of nitrogens with zero attached hydrogens (tertiary/aromatic N) is 2. The topological polar surface area (TPSA) is 48.3 Å². The van der Waals surface area contributed by atoms with Gasteiger partial charge in [0.25, 0.3) is 0 Å². The van der Waals surface area contributed by atoms with Crippen molar-refractivity contribution in [2.24, 2.45) is 0 Å². The van der Waals surface area contributed by atoms with E-state index in [2.05, 4.69) is 28.6 Å². The first-order chi connectivity index (χ1) is 9.93. The van der Waals surface area contributed by atoms with Crippen LogP contribution in [0.3, 0.4) is 0 Å². The minimum absolute atomic E-state index is 0.251. The molecule has 3 rings (SSSR count). The summed E-state index contributed by atoms with van der Waals surface area (Å²) in [5, 5.41) is 7.74. The predicted octanol–water partition coefficient (Wildman–Crippen LogP) is 1.72. The van der Waals surface area contributed by atoms with Crippen molar-refractivity contribution < 1.29 is 9.47 Å². The minimum Gasteiger partial charge on any atom is -0.355 e. The van der Waals surface area contributed by atoms with Gasteiger partial charge in [-0.15, -0.1) is 0 Å². The van der Waals surface area contributed by atoms with Crippen molar-refractivity contribution in [2.45, 2.75) is 19.1 Å². The number of nitrogens with one attached hydrogen (secondary N) is 1. The monoisotopic (exact) mass is 273 g/mol. The summed E-state index contributed by atoms with van der Waals surface area (Å²) in [6.45, 7) is 2.85. The lowest BCUT2D eigenvalue weighted by atomic mass is 10.1. The van der Waals surface area contributed by atoms with Gasteiger partial charge in [0.2, 0.25) is 0 Å². The zero-order valence-corrected chi connectivity index (χ0v) is 11.4. The fraction of sp³-hybridized carbons (Fsp3) is 0.400. The zero-order valence-electron chi connectivity index (χ0n) is 11.4. The molecule has 0 aliphatic carbocycles. The van der Waals surface area contributed by atoms with E-state index in [0.717, 1.165) is 31.8 Å². The van der Waals surface area contributed by atoms with Gasteiger partial charge in [-0.1, -0.05) is 18.2 Å². The van der Waals surface area contributed by atoms with Gasteiger partial charge in [-0.3, -0.25) is 0 Å². The Morgan fingerprint density at radius 1 is 1.30 bits per heavy atom. The molecule has 2 heterocycles. The Bertz CT molecular complexity index is 522. The maximum absolute atomic E-state index is 5.52. The SMILES string of the molecule is c1ccc(-n2cccn2)c(CNCC2CCOCO2)c1. The average Bonchev–Trinajstić information content (AvgIpc) is 3.03. The van der Waals surface area contributed by atoms with E-state index in [0.29, 0.717) is 6.79 Å². The number of aromatic nitrogens is 2. The van der Waals surface area contributed by atoms with Crippen LogP contribution in [0.1, 0.15) is 12.0 Å². The summed E-state index contributed by atoms with van der Waals surface area (Å²) in [4.78, 5) is 0. The van der Waals surface area contributed by atoms with Crippen molar-refractivity contribution in [3.63, 3.8) is 0 Å². The van der Waals surface area contributed by atoms with Crippen molar-refractivity contribution in [3.05, 3.63) is 48.3 Å². The van der Waals surface area contributed by atoms with Crippen molar-refractivity contribution in [2.75, 3.05) is 19.9 Å². The van der Waals surface area contributed by atoms with Gasteiger partial charge >= 0.3 is 0 Å². The van der Waals surface area contributed by atoms with E-state index in [-0.39, 0.29) is 6.10 Å². The number of rotatable bonds is 5. The summed E-state index contributed by atoms with van der Waals surface area (Å²) in [7, 11) is 0. The Morgan fingerprint density at radius 2 is 2.25 bits per heavy atom. The lowest BCUT2D eigenvalue weighted by Gasteiger charge is -2.23. The Balaban J connectivity index is 1.60. The second-order valence-electron chi connectivity index (χ2n) is 4.81. The van der Waals surface area contributed by atoms with E-state index in [9.17, 15) is 0 Å². The average molecular weight is 273 g/mol. The first-order valence-corrected chi connectivity index (χ1v) is 6.91. The molecule has 1 unspecified atom stereocenters. The fourth-order valence-corrected chi connectivity index (χ4v) is 2.33. The van der Waals surface area contributed by atoms with Gasteiger partial charge in [0.1, 0.15) is 6.79 Å². The van der Waals surface area contributed by atoms with E-state index in [1.54, 1.807) is 6.20 Å². The Hall–Kier alpha value is -1.69. The van der Waals surface area contributed by atoms with Crippen molar-refractivity contribution in [3.8, 4) is 5.69 Å². The molecule has 1 fully saturated rings. The summed E-state index contributed by atoms with van der Waals surface area (Å²) in [5.41, 5.74) is 2.33. The van der Waals surface area contributed by atoms with Gasteiger partial charge in [-0.25, -0.2) is 4.68 Å². The molecule has 5 heteroatoms. The highest BCUT2D eigenvalue weighted by Crippen LogP contribution is 2.13. The normalized spacial score (nSPS) is 19.1. The molecule has 0 amide bonds. The third kappa shape index (κ3) is 3.25. The van der Waals surface area contributed by atoms with Gasteiger partial charge in [-0.05, 0) is 24.1 Å². The Kier molecular flexibility index (Phi) is 4.42. The number of hydrogen-bond acceptors (Lipinski definition) is 4. The number of ether oxygens (including phenoxy) is 2. The lowest BCUT2D eigenvalue weighted by molar-refractivity contribution is -0.137. The smallest absolute Gasteiger partial charge is 0.147 e. The standard InChI is InChI=1S/C15H19N3O2/c1-2-5-15(18-8-3-7-17-18)13(4-1)10-16-11-14-6-9-19-12-20-14/h1-5,7-8,14,16H,6,9-12H2. The minimum atomic E-state index is 0.251. The van der Waals surface area contributed by atoms with Crippen molar-refractivity contribution in [1.82, 2.24) is 15.1 Å². The number of para-hydroxylation sites is 1. The van der Waals surface area contributed by atoms with Crippen LogP contribution in [0, 0.1) is 0 Å². The molecule has 2 aromatic rings. The van der Waals surface area contributed by atoms with Gasteiger partial charge in [0.05, 0.1) is 18.4 Å². The van der Waals surface area contributed by atoms with Crippen LogP contribution < -0.4 is 5.32 Å². The van der Waals surface area contributed by atoms with Gasteiger partial charge < -0.3 is 14.8 Å². The molecular weight excluding hydrogens is 254 g/mol. The third-order valence-electron chi connectivity index (χ3n) is 3.40. The molecule has 1 aromatic heterocycles. The molecule has 0 radical (unpaired) electrons. The van der Waals surface area contributed by atoms with E-state index in [1.807, 2.05) is 23.0 Å². The summed E-state index contributed by atoms with van der Waals surface area (Å²) < 4.78 is 12.6. The first-order valence-electron chi connectivity index (χ1n) is 6.91. The predicted molar refractivity (Wildman–Crippen MR) is 75.6 cm³/mol. The summed E-state index contributed by atoms with van der Waals surface area (Å²) in [6, 6.07) is 10.2. The highest BCUT2D eigenvalue weighted by atomic mass is 16.7. The molecule has 1 aliphatic heterocycles. The highest BCUT2D eigenvalue weighted by Gasteiger charge is 2.13. The second-order valence-corrected chi connectivity index (χ2v) is 4.81. The van der Waals surface area contributed by atoms with Crippen LogP contribution in [0.5, 0.6) is 0 Å².